The Morgan fingerprint density at radius 1 is 1.47 bits per heavy atom. The Morgan fingerprint density at radius 2 is 2.29 bits per heavy atom. The molecule has 0 bridgehead atoms. The second kappa shape index (κ2) is 5.76. The number of halogens is 1. The average molecular weight is 311 g/mol. The van der Waals surface area contributed by atoms with Crippen molar-refractivity contribution >= 4 is 27.3 Å². The molecule has 2 nitrogen and oxygen atoms in total. The summed E-state index contributed by atoms with van der Waals surface area (Å²) in [6.45, 7) is 2.11. The number of likely N-dealkylation sites (N-methyl/N-ethyl adjacent to an activating group) is 1. The van der Waals surface area contributed by atoms with Crippen molar-refractivity contribution in [1.82, 2.24) is 10.3 Å². The number of hydrogen-bond acceptors (Lipinski definition) is 3. The fourth-order valence-corrected chi connectivity index (χ4v) is 2.71. The number of aromatic nitrogens is 1. The van der Waals surface area contributed by atoms with Crippen molar-refractivity contribution in [3.63, 3.8) is 0 Å². The SMILES string of the molecule is CNC(Cc1nccs1)c1ccc(Br)c(C)c1. The normalized spacial score (nSPS) is 12.6. The zero-order valence-corrected chi connectivity index (χ0v) is 12.3. The quantitative estimate of drug-likeness (QED) is 0.931. The van der Waals surface area contributed by atoms with Gasteiger partial charge in [-0.25, -0.2) is 4.98 Å². The lowest BCUT2D eigenvalue weighted by Crippen LogP contribution is -2.18. The van der Waals surface area contributed by atoms with Crippen molar-refractivity contribution in [3.8, 4) is 0 Å². The van der Waals surface area contributed by atoms with Gasteiger partial charge in [-0.1, -0.05) is 28.1 Å². The fourth-order valence-electron chi connectivity index (χ4n) is 1.80. The maximum absolute atomic E-state index is 4.34. The van der Waals surface area contributed by atoms with E-state index in [0.29, 0.717) is 6.04 Å². The van der Waals surface area contributed by atoms with Gasteiger partial charge >= 0.3 is 0 Å². The monoisotopic (exact) mass is 310 g/mol. The predicted molar refractivity (Wildman–Crippen MR) is 76.5 cm³/mol. The minimum atomic E-state index is 0.327. The number of benzene rings is 1. The van der Waals surface area contributed by atoms with Crippen LogP contribution in [0.5, 0.6) is 0 Å². The Bertz CT molecular complexity index is 482. The molecule has 90 valence electrons. The van der Waals surface area contributed by atoms with Gasteiger partial charge in [-0.2, -0.15) is 0 Å². The van der Waals surface area contributed by atoms with Gasteiger partial charge in [-0.05, 0) is 31.2 Å². The highest BCUT2D eigenvalue weighted by Crippen LogP contribution is 2.24. The second-order valence-electron chi connectivity index (χ2n) is 3.98. The van der Waals surface area contributed by atoms with Gasteiger partial charge in [-0.3, -0.25) is 0 Å². The lowest BCUT2D eigenvalue weighted by molar-refractivity contribution is 0.590. The van der Waals surface area contributed by atoms with Crippen LogP contribution in [0, 0.1) is 6.92 Å². The number of nitrogens with one attached hydrogen (secondary N) is 1. The van der Waals surface area contributed by atoms with E-state index < -0.39 is 0 Å². The number of nitrogens with zero attached hydrogens (tertiary/aromatic N) is 1. The van der Waals surface area contributed by atoms with Crippen LogP contribution in [0.4, 0.5) is 0 Å². The smallest absolute Gasteiger partial charge is 0.0943 e. The maximum Gasteiger partial charge on any atom is 0.0943 e. The Hall–Kier alpha value is -0.710. The summed E-state index contributed by atoms with van der Waals surface area (Å²) in [6.07, 6.45) is 2.80. The highest BCUT2D eigenvalue weighted by atomic mass is 79.9. The fraction of sp³-hybridized carbons (Fsp3) is 0.308. The first kappa shape index (κ1) is 12.7. The molecule has 1 N–H and O–H groups in total. The molecule has 2 rings (SSSR count). The molecule has 0 radical (unpaired) electrons. The number of thiazole rings is 1. The lowest BCUT2D eigenvalue weighted by atomic mass is 10.0. The van der Waals surface area contributed by atoms with E-state index in [1.165, 1.54) is 16.1 Å². The topological polar surface area (TPSA) is 24.9 Å². The van der Waals surface area contributed by atoms with E-state index in [4.69, 9.17) is 0 Å². The van der Waals surface area contributed by atoms with Gasteiger partial charge in [0.25, 0.3) is 0 Å². The van der Waals surface area contributed by atoms with Crippen molar-refractivity contribution < 1.29 is 0 Å². The van der Waals surface area contributed by atoms with Crippen LogP contribution in [-0.2, 0) is 6.42 Å². The zero-order valence-electron chi connectivity index (χ0n) is 9.90. The largest absolute Gasteiger partial charge is 0.313 e. The molecule has 0 spiro atoms. The molecule has 0 fully saturated rings. The molecule has 4 heteroatoms. The summed E-state index contributed by atoms with van der Waals surface area (Å²) >= 11 is 5.24. The van der Waals surface area contributed by atoms with Gasteiger partial charge in [0.05, 0.1) is 5.01 Å². The van der Waals surface area contributed by atoms with Crippen LogP contribution >= 0.6 is 27.3 Å². The Labute approximate surface area is 114 Å². The first-order valence-corrected chi connectivity index (χ1v) is 7.19. The molecular formula is C13H15BrN2S. The summed E-state index contributed by atoms with van der Waals surface area (Å²) in [6, 6.07) is 6.81. The number of hydrogen-bond donors (Lipinski definition) is 1. The first-order chi connectivity index (χ1) is 8.20. The average Bonchev–Trinajstić information content (AvgIpc) is 2.82. The van der Waals surface area contributed by atoms with Gasteiger partial charge in [0.1, 0.15) is 0 Å². The molecule has 17 heavy (non-hydrogen) atoms. The van der Waals surface area contributed by atoms with E-state index in [1.54, 1.807) is 11.3 Å². The third-order valence-corrected chi connectivity index (χ3v) is 4.49. The van der Waals surface area contributed by atoms with Crippen LogP contribution in [0.25, 0.3) is 0 Å². The summed E-state index contributed by atoms with van der Waals surface area (Å²) in [4.78, 5) is 4.34. The van der Waals surface area contributed by atoms with Crippen LogP contribution in [0.2, 0.25) is 0 Å². The summed E-state index contributed by atoms with van der Waals surface area (Å²) in [5.41, 5.74) is 2.57. The molecule has 2 aromatic rings. The molecular weight excluding hydrogens is 296 g/mol. The molecule has 0 amide bonds. The van der Waals surface area contributed by atoms with E-state index >= 15 is 0 Å². The maximum atomic E-state index is 4.34. The van der Waals surface area contributed by atoms with Crippen molar-refractivity contribution in [2.24, 2.45) is 0 Å². The highest BCUT2D eigenvalue weighted by Gasteiger charge is 2.12. The summed E-state index contributed by atoms with van der Waals surface area (Å²) in [7, 11) is 2.00. The van der Waals surface area contributed by atoms with Gasteiger partial charge in [0.15, 0.2) is 0 Å². The van der Waals surface area contributed by atoms with Crippen LogP contribution in [0.15, 0.2) is 34.2 Å². The van der Waals surface area contributed by atoms with Crippen LogP contribution in [0.3, 0.4) is 0 Å². The Morgan fingerprint density at radius 3 is 2.88 bits per heavy atom. The predicted octanol–water partition coefficient (Wildman–Crippen LogP) is 3.72. The van der Waals surface area contributed by atoms with E-state index in [9.17, 15) is 0 Å². The molecule has 0 aliphatic heterocycles. The van der Waals surface area contributed by atoms with Crippen LogP contribution in [-0.4, -0.2) is 12.0 Å². The van der Waals surface area contributed by atoms with Crippen molar-refractivity contribution in [2.75, 3.05) is 7.05 Å². The minimum absolute atomic E-state index is 0.327. The molecule has 1 aromatic heterocycles. The molecule has 0 saturated carbocycles. The minimum Gasteiger partial charge on any atom is -0.313 e. The highest BCUT2D eigenvalue weighted by molar-refractivity contribution is 9.10. The second-order valence-corrected chi connectivity index (χ2v) is 5.81. The van der Waals surface area contributed by atoms with Crippen molar-refractivity contribution in [2.45, 2.75) is 19.4 Å². The molecule has 0 aliphatic carbocycles. The molecule has 0 saturated heterocycles. The standard InChI is InChI=1S/C13H15BrN2S/c1-9-7-10(3-4-11(9)14)12(15-2)8-13-16-5-6-17-13/h3-7,12,15H,8H2,1-2H3. The molecule has 1 heterocycles. The Kier molecular flexibility index (Phi) is 4.31. The lowest BCUT2D eigenvalue weighted by Gasteiger charge is -2.16. The summed E-state index contributed by atoms with van der Waals surface area (Å²) < 4.78 is 1.16. The molecule has 1 atom stereocenters. The number of aryl methyl sites for hydroxylation is 1. The summed E-state index contributed by atoms with van der Waals surface area (Å²) in [5, 5.41) is 6.55. The van der Waals surface area contributed by atoms with E-state index in [0.717, 1.165) is 10.9 Å². The molecule has 1 aromatic carbocycles. The zero-order chi connectivity index (χ0) is 12.3. The van der Waals surface area contributed by atoms with Gasteiger partial charge in [-0.15, -0.1) is 11.3 Å². The first-order valence-electron chi connectivity index (χ1n) is 5.52. The number of rotatable bonds is 4. The van der Waals surface area contributed by atoms with Crippen molar-refractivity contribution in [3.05, 3.63) is 50.4 Å². The Balaban J connectivity index is 2.20. The van der Waals surface area contributed by atoms with Crippen LogP contribution < -0.4 is 5.32 Å². The molecule has 0 aliphatic rings. The third kappa shape index (κ3) is 3.15. The van der Waals surface area contributed by atoms with E-state index in [1.807, 2.05) is 18.6 Å². The third-order valence-electron chi connectivity index (χ3n) is 2.80. The van der Waals surface area contributed by atoms with Gasteiger partial charge < -0.3 is 5.32 Å². The van der Waals surface area contributed by atoms with Crippen LogP contribution in [0.1, 0.15) is 22.2 Å². The van der Waals surface area contributed by atoms with E-state index in [2.05, 4.69) is 51.4 Å². The molecule has 1 unspecified atom stereocenters. The van der Waals surface area contributed by atoms with E-state index in [-0.39, 0.29) is 0 Å². The van der Waals surface area contributed by atoms with Crippen molar-refractivity contribution in [1.29, 1.82) is 0 Å². The summed E-state index contributed by atoms with van der Waals surface area (Å²) in [5.74, 6) is 0. The van der Waals surface area contributed by atoms with Gasteiger partial charge in [0, 0.05) is 28.5 Å². The van der Waals surface area contributed by atoms with Gasteiger partial charge in [0.2, 0.25) is 0 Å².